The average Bonchev–Trinajstić information content (AvgIpc) is 3.05. The number of amides is 2. The molecule has 0 unspecified atom stereocenters. The fraction of sp³-hybridized carbons (Fsp3) is 0.333. The van der Waals surface area contributed by atoms with Gasteiger partial charge in [0.2, 0.25) is 5.91 Å². The summed E-state index contributed by atoms with van der Waals surface area (Å²) in [5.74, 6) is 0.244. The van der Waals surface area contributed by atoms with E-state index in [4.69, 9.17) is 4.42 Å². The fourth-order valence-corrected chi connectivity index (χ4v) is 2.45. The number of nitrogens with zero attached hydrogens (tertiary/aromatic N) is 1. The molecule has 0 saturated heterocycles. The number of nitrogens with one attached hydrogen (secondary N) is 1. The van der Waals surface area contributed by atoms with Gasteiger partial charge in [-0.1, -0.05) is 32.0 Å². The molecule has 5 nitrogen and oxygen atoms in total. The van der Waals surface area contributed by atoms with E-state index in [1.54, 1.807) is 17.0 Å². The summed E-state index contributed by atoms with van der Waals surface area (Å²) in [6.07, 6.45) is 1.45. The van der Waals surface area contributed by atoms with Crippen LogP contribution in [0, 0.1) is 0 Å². The Morgan fingerprint density at radius 3 is 2.52 bits per heavy atom. The van der Waals surface area contributed by atoms with Crippen LogP contribution in [0.3, 0.4) is 0 Å². The minimum Gasteiger partial charge on any atom is -0.459 e. The van der Waals surface area contributed by atoms with E-state index in [-0.39, 0.29) is 17.6 Å². The van der Waals surface area contributed by atoms with Crippen molar-refractivity contribution in [1.82, 2.24) is 5.32 Å². The number of carbonyl (C=O) groups excluding carboxylic acids is 2. The largest absolute Gasteiger partial charge is 0.459 e. The Bertz CT molecular complexity index is 663. The van der Waals surface area contributed by atoms with Crippen LogP contribution in [0.25, 0.3) is 0 Å². The van der Waals surface area contributed by atoms with Crippen molar-refractivity contribution in [2.75, 3.05) is 18.0 Å². The van der Waals surface area contributed by atoms with Gasteiger partial charge in [0.05, 0.1) is 6.26 Å². The maximum atomic E-state index is 12.0. The number of furan rings is 1. The quantitative estimate of drug-likeness (QED) is 0.890. The van der Waals surface area contributed by atoms with Crippen LogP contribution in [0.5, 0.6) is 0 Å². The summed E-state index contributed by atoms with van der Waals surface area (Å²) < 4.78 is 5.04. The lowest BCUT2D eigenvalue weighted by Crippen LogP contribution is -2.38. The Morgan fingerprint density at radius 2 is 1.91 bits per heavy atom. The summed E-state index contributed by atoms with van der Waals surface area (Å²) in [4.78, 5) is 25.6. The normalized spacial score (nSPS) is 10.6. The number of hydrogen-bond donors (Lipinski definition) is 1. The number of rotatable bonds is 6. The van der Waals surface area contributed by atoms with Gasteiger partial charge in [-0.2, -0.15) is 0 Å². The summed E-state index contributed by atoms with van der Waals surface area (Å²) in [7, 11) is 0. The highest BCUT2D eigenvalue weighted by Gasteiger charge is 2.17. The van der Waals surface area contributed by atoms with Gasteiger partial charge >= 0.3 is 0 Å². The van der Waals surface area contributed by atoms with E-state index in [9.17, 15) is 9.59 Å². The molecule has 2 aromatic rings. The van der Waals surface area contributed by atoms with Gasteiger partial charge in [-0.3, -0.25) is 9.59 Å². The van der Waals surface area contributed by atoms with Crippen molar-refractivity contribution in [1.29, 1.82) is 0 Å². The van der Waals surface area contributed by atoms with Gasteiger partial charge < -0.3 is 14.6 Å². The van der Waals surface area contributed by atoms with E-state index in [0.29, 0.717) is 19.0 Å². The van der Waals surface area contributed by atoms with E-state index in [1.807, 2.05) is 24.3 Å². The van der Waals surface area contributed by atoms with E-state index in [0.717, 1.165) is 11.3 Å². The molecule has 0 saturated carbocycles. The fourth-order valence-electron chi connectivity index (χ4n) is 2.45. The summed E-state index contributed by atoms with van der Waals surface area (Å²) in [6, 6.07) is 11.1. The van der Waals surface area contributed by atoms with Crippen LogP contribution in [0.1, 0.15) is 42.8 Å². The van der Waals surface area contributed by atoms with E-state index >= 15 is 0 Å². The first-order valence-electron chi connectivity index (χ1n) is 7.69. The standard InChI is InChI=1S/C18H22N2O3/c1-13(2)15-7-4-5-8-16(15)20(14(3)21)11-10-19-18(22)17-9-6-12-23-17/h4-9,12-13H,10-11H2,1-3H3,(H,19,22). The lowest BCUT2D eigenvalue weighted by atomic mass is 10.0. The van der Waals surface area contributed by atoms with Gasteiger partial charge in [0.1, 0.15) is 0 Å². The first-order chi connectivity index (χ1) is 11.0. The highest BCUT2D eigenvalue weighted by Crippen LogP contribution is 2.27. The summed E-state index contributed by atoms with van der Waals surface area (Å²) >= 11 is 0. The third-order valence-electron chi connectivity index (χ3n) is 3.60. The number of hydrogen-bond acceptors (Lipinski definition) is 3. The van der Waals surface area contributed by atoms with E-state index < -0.39 is 0 Å². The second-order valence-corrected chi connectivity index (χ2v) is 5.62. The summed E-state index contributed by atoms with van der Waals surface area (Å²) in [5.41, 5.74) is 2.00. The molecular weight excluding hydrogens is 292 g/mol. The van der Waals surface area contributed by atoms with Crippen LogP contribution in [-0.4, -0.2) is 24.9 Å². The predicted octanol–water partition coefficient (Wildman–Crippen LogP) is 3.19. The molecule has 1 heterocycles. The van der Waals surface area contributed by atoms with E-state index in [2.05, 4.69) is 19.2 Å². The third-order valence-corrected chi connectivity index (χ3v) is 3.60. The highest BCUT2D eigenvalue weighted by molar-refractivity contribution is 5.93. The molecular formula is C18H22N2O3. The van der Waals surface area contributed by atoms with Crippen LogP contribution >= 0.6 is 0 Å². The van der Waals surface area contributed by atoms with Crippen LogP contribution in [0.15, 0.2) is 47.1 Å². The first-order valence-corrected chi connectivity index (χ1v) is 7.69. The van der Waals surface area contributed by atoms with Crippen molar-refractivity contribution in [2.45, 2.75) is 26.7 Å². The molecule has 0 bridgehead atoms. The number of para-hydroxylation sites is 1. The molecule has 1 aromatic heterocycles. The lowest BCUT2D eigenvalue weighted by molar-refractivity contribution is -0.116. The monoisotopic (exact) mass is 314 g/mol. The lowest BCUT2D eigenvalue weighted by Gasteiger charge is -2.25. The molecule has 122 valence electrons. The van der Waals surface area contributed by atoms with Crippen LogP contribution in [0.2, 0.25) is 0 Å². The Kier molecular flexibility index (Phi) is 5.57. The molecule has 0 atom stereocenters. The zero-order valence-electron chi connectivity index (χ0n) is 13.7. The van der Waals surface area contributed by atoms with Crippen LogP contribution < -0.4 is 10.2 Å². The Balaban J connectivity index is 2.05. The smallest absolute Gasteiger partial charge is 0.287 e. The zero-order chi connectivity index (χ0) is 16.8. The topological polar surface area (TPSA) is 62.6 Å². The maximum Gasteiger partial charge on any atom is 0.287 e. The Hall–Kier alpha value is -2.56. The molecule has 0 aliphatic rings. The maximum absolute atomic E-state index is 12.0. The van der Waals surface area contributed by atoms with Gasteiger partial charge in [0.15, 0.2) is 5.76 Å². The summed E-state index contributed by atoms with van der Waals surface area (Å²) in [6.45, 7) is 6.48. The van der Waals surface area contributed by atoms with Crippen molar-refractivity contribution in [3.63, 3.8) is 0 Å². The van der Waals surface area contributed by atoms with Crippen molar-refractivity contribution in [3.05, 3.63) is 54.0 Å². The second kappa shape index (κ2) is 7.63. The molecule has 0 aliphatic heterocycles. The highest BCUT2D eigenvalue weighted by atomic mass is 16.3. The molecule has 0 radical (unpaired) electrons. The van der Waals surface area contributed by atoms with Gasteiger partial charge in [0.25, 0.3) is 5.91 Å². The molecule has 2 rings (SSSR count). The van der Waals surface area contributed by atoms with Gasteiger partial charge in [-0.25, -0.2) is 0 Å². The molecule has 23 heavy (non-hydrogen) atoms. The summed E-state index contributed by atoms with van der Waals surface area (Å²) in [5, 5.41) is 2.76. The number of carbonyl (C=O) groups is 2. The SMILES string of the molecule is CC(=O)N(CCNC(=O)c1ccco1)c1ccccc1C(C)C. The first kappa shape index (κ1) is 16.8. The van der Waals surface area contributed by atoms with Crippen molar-refractivity contribution in [3.8, 4) is 0 Å². The Morgan fingerprint density at radius 1 is 1.17 bits per heavy atom. The second-order valence-electron chi connectivity index (χ2n) is 5.62. The van der Waals surface area contributed by atoms with Gasteiger partial charge in [-0.15, -0.1) is 0 Å². The molecule has 0 fully saturated rings. The molecule has 5 heteroatoms. The minimum atomic E-state index is -0.282. The zero-order valence-corrected chi connectivity index (χ0v) is 13.7. The van der Waals surface area contributed by atoms with Gasteiger partial charge in [0, 0.05) is 25.7 Å². The van der Waals surface area contributed by atoms with Crippen molar-refractivity contribution < 1.29 is 14.0 Å². The molecule has 0 aliphatic carbocycles. The minimum absolute atomic E-state index is 0.0506. The molecule has 1 N–H and O–H groups in total. The average molecular weight is 314 g/mol. The van der Waals surface area contributed by atoms with Crippen molar-refractivity contribution >= 4 is 17.5 Å². The Labute approximate surface area is 136 Å². The van der Waals surface area contributed by atoms with Crippen LogP contribution in [-0.2, 0) is 4.79 Å². The number of anilines is 1. The molecule has 1 aromatic carbocycles. The predicted molar refractivity (Wildman–Crippen MR) is 89.6 cm³/mol. The van der Waals surface area contributed by atoms with Crippen LogP contribution in [0.4, 0.5) is 5.69 Å². The van der Waals surface area contributed by atoms with Gasteiger partial charge in [-0.05, 0) is 29.7 Å². The molecule has 2 amide bonds. The molecule has 0 spiro atoms. The third kappa shape index (κ3) is 4.22. The number of benzene rings is 1. The van der Waals surface area contributed by atoms with E-state index in [1.165, 1.54) is 13.2 Å². The van der Waals surface area contributed by atoms with Crippen molar-refractivity contribution in [2.24, 2.45) is 0 Å².